The molecule has 0 aliphatic heterocycles. The Labute approximate surface area is 112 Å². The van der Waals surface area contributed by atoms with E-state index in [0.29, 0.717) is 16.0 Å². The molecule has 0 atom stereocenters. The molecule has 92 valence electrons. The molecule has 0 saturated heterocycles. The Kier molecular flexibility index (Phi) is 3.62. The molecule has 0 saturated carbocycles. The Morgan fingerprint density at radius 3 is 2.72 bits per heavy atom. The molecule has 0 bridgehead atoms. The van der Waals surface area contributed by atoms with Gasteiger partial charge in [0.2, 0.25) is 0 Å². The minimum absolute atomic E-state index is 0.179. The number of carboxylic acids is 1. The number of para-hydroxylation sites is 1. The summed E-state index contributed by atoms with van der Waals surface area (Å²) in [4.78, 5) is 15.3. The molecule has 0 fully saturated rings. The van der Waals surface area contributed by atoms with Crippen LogP contribution in [0.1, 0.15) is 10.4 Å². The maximum atomic E-state index is 11.0. The van der Waals surface area contributed by atoms with Gasteiger partial charge in [0.1, 0.15) is 10.4 Å². The summed E-state index contributed by atoms with van der Waals surface area (Å²) in [6, 6.07) is 10.3. The number of benzene rings is 1. The summed E-state index contributed by atoms with van der Waals surface area (Å²) in [7, 11) is 1.56. The SMILES string of the molecule is COc1ccccc1-c1cc(C(=O)O)cc(Br)n1. The number of halogens is 1. The summed E-state index contributed by atoms with van der Waals surface area (Å²) < 4.78 is 5.71. The van der Waals surface area contributed by atoms with Gasteiger partial charge in [0, 0.05) is 5.56 Å². The second-order valence-electron chi connectivity index (χ2n) is 3.57. The van der Waals surface area contributed by atoms with E-state index in [2.05, 4.69) is 20.9 Å². The smallest absolute Gasteiger partial charge is 0.335 e. The third kappa shape index (κ3) is 2.51. The lowest BCUT2D eigenvalue weighted by molar-refractivity contribution is 0.0696. The average molecular weight is 308 g/mol. The van der Waals surface area contributed by atoms with Gasteiger partial charge in [0.15, 0.2) is 0 Å². The molecule has 1 aromatic heterocycles. The van der Waals surface area contributed by atoms with Crippen molar-refractivity contribution < 1.29 is 14.6 Å². The molecule has 0 aliphatic carbocycles. The molecule has 0 unspecified atom stereocenters. The lowest BCUT2D eigenvalue weighted by atomic mass is 10.1. The van der Waals surface area contributed by atoms with Crippen LogP contribution in [0, 0.1) is 0 Å². The van der Waals surface area contributed by atoms with Crippen molar-refractivity contribution in [2.24, 2.45) is 0 Å². The zero-order chi connectivity index (χ0) is 13.1. The molecule has 2 rings (SSSR count). The van der Waals surface area contributed by atoms with Crippen LogP contribution in [0.4, 0.5) is 0 Å². The van der Waals surface area contributed by atoms with Crippen molar-refractivity contribution in [1.82, 2.24) is 4.98 Å². The van der Waals surface area contributed by atoms with Crippen LogP contribution in [0.15, 0.2) is 41.0 Å². The number of carbonyl (C=O) groups is 1. The van der Waals surface area contributed by atoms with Crippen LogP contribution in [-0.4, -0.2) is 23.2 Å². The molecular formula is C13H10BrNO3. The first-order valence-corrected chi connectivity index (χ1v) is 5.95. The average Bonchev–Trinajstić information content (AvgIpc) is 2.38. The number of aromatic carboxylic acids is 1. The number of nitrogens with zero attached hydrogens (tertiary/aromatic N) is 1. The van der Waals surface area contributed by atoms with Crippen LogP contribution in [0.2, 0.25) is 0 Å². The molecule has 5 heteroatoms. The number of carboxylic acid groups (broad SMARTS) is 1. The quantitative estimate of drug-likeness (QED) is 0.885. The van der Waals surface area contributed by atoms with Crippen LogP contribution >= 0.6 is 15.9 Å². The van der Waals surface area contributed by atoms with Gasteiger partial charge >= 0.3 is 5.97 Å². The summed E-state index contributed by atoms with van der Waals surface area (Å²) in [5.74, 6) is -0.339. The normalized spacial score (nSPS) is 10.1. The molecule has 18 heavy (non-hydrogen) atoms. The largest absolute Gasteiger partial charge is 0.496 e. The van der Waals surface area contributed by atoms with E-state index in [1.54, 1.807) is 13.2 Å². The molecule has 1 aromatic carbocycles. The summed E-state index contributed by atoms with van der Waals surface area (Å²) >= 11 is 3.21. The van der Waals surface area contributed by atoms with E-state index in [0.717, 1.165) is 5.56 Å². The standard InChI is InChI=1S/C13H10BrNO3/c1-18-11-5-3-2-4-9(11)10-6-8(13(16)17)7-12(14)15-10/h2-7H,1H3,(H,16,17). The first-order chi connectivity index (χ1) is 8.61. The zero-order valence-electron chi connectivity index (χ0n) is 9.55. The van der Waals surface area contributed by atoms with E-state index in [4.69, 9.17) is 9.84 Å². The van der Waals surface area contributed by atoms with E-state index in [1.807, 2.05) is 18.2 Å². The van der Waals surface area contributed by atoms with Crippen LogP contribution < -0.4 is 4.74 Å². The molecule has 4 nitrogen and oxygen atoms in total. The lowest BCUT2D eigenvalue weighted by Crippen LogP contribution is -1.99. The number of ether oxygens (including phenoxy) is 1. The van der Waals surface area contributed by atoms with Gasteiger partial charge < -0.3 is 9.84 Å². The predicted octanol–water partition coefficient (Wildman–Crippen LogP) is 3.22. The number of hydrogen-bond donors (Lipinski definition) is 1. The highest BCUT2D eigenvalue weighted by Gasteiger charge is 2.11. The molecule has 1 heterocycles. The fourth-order valence-corrected chi connectivity index (χ4v) is 2.05. The Morgan fingerprint density at radius 2 is 2.06 bits per heavy atom. The number of rotatable bonds is 3. The summed E-state index contributed by atoms with van der Waals surface area (Å²) in [5.41, 5.74) is 1.49. The van der Waals surface area contributed by atoms with E-state index in [1.165, 1.54) is 12.1 Å². The van der Waals surface area contributed by atoms with Crippen molar-refractivity contribution >= 4 is 21.9 Å². The molecule has 1 N–H and O–H groups in total. The van der Waals surface area contributed by atoms with E-state index >= 15 is 0 Å². The van der Waals surface area contributed by atoms with Gasteiger partial charge in [-0.3, -0.25) is 0 Å². The van der Waals surface area contributed by atoms with E-state index in [9.17, 15) is 4.79 Å². The van der Waals surface area contributed by atoms with Crippen LogP contribution in [0.25, 0.3) is 11.3 Å². The Morgan fingerprint density at radius 1 is 1.33 bits per heavy atom. The van der Waals surface area contributed by atoms with Crippen molar-refractivity contribution in [2.75, 3.05) is 7.11 Å². The first-order valence-electron chi connectivity index (χ1n) is 5.16. The monoisotopic (exact) mass is 307 g/mol. The minimum atomic E-state index is -0.991. The maximum absolute atomic E-state index is 11.0. The van der Waals surface area contributed by atoms with E-state index < -0.39 is 5.97 Å². The highest BCUT2D eigenvalue weighted by Crippen LogP contribution is 2.29. The van der Waals surface area contributed by atoms with Gasteiger partial charge in [0.05, 0.1) is 18.4 Å². The van der Waals surface area contributed by atoms with Crippen molar-refractivity contribution in [3.8, 4) is 17.0 Å². The topological polar surface area (TPSA) is 59.4 Å². The van der Waals surface area contributed by atoms with Crippen LogP contribution in [0.3, 0.4) is 0 Å². The van der Waals surface area contributed by atoms with Gasteiger partial charge in [-0.1, -0.05) is 12.1 Å². The highest BCUT2D eigenvalue weighted by molar-refractivity contribution is 9.10. The van der Waals surface area contributed by atoms with Crippen molar-refractivity contribution in [2.45, 2.75) is 0 Å². The lowest BCUT2D eigenvalue weighted by Gasteiger charge is -2.08. The Hall–Kier alpha value is -1.88. The number of methoxy groups -OCH3 is 1. The number of hydrogen-bond acceptors (Lipinski definition) is 3. The fraction of sp³-hybridized carbons (Fsp3) is 0.0769. The number of pyridine rings is 1. The van der Waals surface area contributed by atoms with Gasteiger partial charge in [-0.05, 0) is 40.2 Å². The zero-order valence-corrected chi connectivity index (χ0v) is 11.1. The van der Waals surface area contributed by atoms with Crippen LogP contribution in [0.5, 0.6) is 5.75 Å². The van der Waals surface area contributed by atoms with Gasteiger partial charge in [-0.15, -0.1) is 0 Å². The predicted molar refractivity (Wildman–Crippen MR) is 70.9 cm³/mol. The summed E-state index contributed by atoms with van der Waals surface area (Å²) in [5, 5.41) is 9.03. The fourth-order valence-electron chi connectivity index (χ4n) is 1.61. The third-order valence-corrected chi connectivity index (χ3v) is 2.83. The molecule has 0 aliphatic rings. The van der Waals surface area contributed by atoms with Gasteiger partial charge in [-0.25, -0.2) is 9.78 Å². The minimum Gasteiger partial charge on any atom is -0.496 e. The second-order valence-corrected chi connectivity index (χ2v) is 4.38. The summed E-state index contributed by atoms with van der Waals surface area (Å²) in [6.45, 7) is 0. The van der Waals surface area contributed by atoms with Crippen LogP contribution in [-0.2, 0) is 0 Å². The van der Waals surface area contributed by atoms with Gasteiger partial charge in [-0.2, -0.15) is 0 Å². The molecule has 0 radical (unpaired) electrons. The Balaban J connectivity index is 2.60. The molecule has 0 amide bonds. The molecule has 2 aromatic rings. The molecule has 0 spiro atoms. The first kappa shape index (κ1) is 12.6. The molecular weight excluding hydrogens is 298 g/mol. The second kappa shape index (κ2) is 5.18. The Bertz CT molecular complexity index is 599. The van der Waals surface area contributed by atoms with Crippen molar-refractivity contribution in [1.29, 1.82) is 0 Å². The number of aromatic nitrogens is 1. The van der Waals surface area contributed by atoms with Crippen molar-refractivity contribution in [3.05, 3.63) is 46.6 Å². The van der Waals surface area contributed by atoms with Crippen molar-refractivity contribution in [3.63, 3.8) is 0 Å². The highest BCUT2D eigenvalue weighted by atomic mass is 79.9. The summed E-state index contributed by atoms with van der Waals surface area (Å²) in [6.07, 6.45) is 0. The maximum Gasteiger partial charge on any atom is 0.335 e. The van der Waals surface area contributed by atoms with E-state index in [-0.39, 0.29) is 5.56 Å². The van der Waals surface area contributed by atoms with Gasteiger partial charge in [0.25, 0.3) is 0 Å². The third-order valence-electron chi connectivity index (χ3n) is 2.42.